The molecule has 0 aromatic carbocycles. The molecule has 0 radical (unpaired) electrons. The molecule has 2 aromatic rings. The van der Waals surface area contributed by atoms with Crippen LogP contribution in [0, 0.1) is 0 Å². The van der Waals surface area contributed by atoms with Crippen LogP contribution in [0.15, 0.2) is 24.5 Å². The number of thiazole rings is 1. The van der Waals surface area contributed by atoms with E-state index in [0.29, 0.717) is 10.0 Å². The minimum absolute atomic E-state index is 0.139. The molecular formula is C14H19N5OS. The highest BCUT2D eigenvalue weighted by molar-refractivity contribution is 7.18. The van der Waals surface area contributed by atoms with Crippen molar-refractivity contribution in [3.63, 3.8) is 0 Å². The summed E-state index contributed by atoms with van der Waals surface area (Å²) < 4.78 is 0. The predicted molar refractivity (Wildman–Crippen MR) is 85.4 cm³/mol. The van der Waals surface area contributed by atoms with Crippen LogP contribution in [0.25, 0.3) is 0 Å². The van der Waals surface area contributed by atoms with E-state index in [1.54, 1.807) is 12.4 Å². The van der Waals surface area contributed by atoms with Crippen LogP contribution >= 0.6 is 11.3 Å². The summed E-state index contributed by atoms with van der Waals surface area (Å²) in [4.78, 5) is 20.9. The van der Waals surface area contributed by atoms with Crippen LogP contribution in [0.3, 0.4) is 0 Å². The first-order valence-corrected chi connectivity index (χ1v) is 7.64. The SMILES string of the molecule is CCCNc1nc(N)c(C(=O)NC(C)c2cccnc2)s1. The van der Waals surface area contributed by atoms with Gasteiger partial charge in [-0.2, -0.15) is 0 Å². The van der Waals surface area contributed by atoms with Crippen molar-refractivity contribution in [2.75, 3.05) is 17.6 Å². The molecule has 0 saturated carbocycles. The average molecular weight is 305 g/mol. The highest BCUT2D eigenvalue weighted by Crippen LogP contribution is 2.25. The van der Waals surface area contributed by atoms with Crippen LogP contribution < -0.4 is 16.4 Å². The molecule has 0 fully saturated rings. The van der Waals surface area contributed by atoms with Crippen LogP contribution in [0.1, 0.15) is 41.5 Å². The zero-order valence-corrected chi connectivity index (χ0v) is 12.9. The second kappa shape index (κ2) is 7.03. The first kappa shape index (κ1) is 15.2. The van der Waals surface area contributed by atoms with E-state index in [4.69, 9.17) is 5.73 Å². The van der Waals surface area contributed by atoms with Gasteiger partial charge in [-0.05, 0) is 25.0 Å². The van der Waals surface area contributed by atoms with E-state index in [1.807, 2.05) is 19.1 Å². The standard InChI is InChI=1S/C14H19N5OS/c1-3-6-17-14-19-12(15)11(21-14)13(20)18-9(2)10-5-4-7-16-8-10/h4-5,7-9H,3,6,15H2,1-2H3,(H,17,19)(H,18,20). The van der Waals surface area contributed by atoms with Gasteiger partial charge in [0.25, 0.3) is 5.91 Å². The lowest BCUT2D eigenvalue weighted by Crippen LogP contribution is -2.26. The molecule has 1 atom stereocenters. The van der Waals surface area contributed by atoms with Crippen LogP contribution in [-0.2, 0) is 0 Å². The van der Waals surface area contributed by atoms with Crippen LogP contribution in [0.4, 0.5) is 10.9 Å². The van der Waals surface area contributed by atoms with Gasteiger partial charge < -0.3 is 16.4 Å². The lowest BCUT2D eigenvalue weighted by molar-refractivity contribution is 0.0944. The number of pyridine rings is 1. The van der Waals surface area contributed by atoms with Gasteiger partial charge in [0.2, 0.25) is 0 Å². The molecule has 21 heavy (non-hydrogen) atoms. The largest absolute Gasteiger partial charge is 0.382 e. The third kappa shape index (κ3) is 3.91. The molecule has 0 aliphatic rings. The summed E-state index contributed by atoms with van der Waals surface area (Å²) in [6.07, 6.45) is 4.42. The fraction of sp³-hybridized carbons (Fsp3) is 0.357. The minimum atomic E-state index is -0.217. The quantitative estimate of drug-likeness (QED) is 0.762. The molecule has 0 aliphatic carbocycles. The van der Waals surface area contributed by atoms with E-state index in [-0.39, 0.29) is 17.8 Å². The lowest BCUT2D eigenvalue weighted by Gasteiger charge is -2.13. The third-order valence-corrected chi connectivity index (χ3v) is 3.95. The first-order valence-electron chi connectivity index (χ1n) is 6.82. The Labute approximate surface area is 127 Å². The summed E-state index contributed by atoms with van der Waals surface area (Å²) in [6.45, 7) is 4.77. The highest BCUT2D eigenvalue weighted by Gasteiger charge is 2.18. The summed E-state index contributed by atoms with van der Waals surface area (Å²) in [5, 5.41) is 6.71. The van der Waals surface area contributed by atoms with Gasteiger partial charge in [0.05, 0.1) is 6.04 Å². The molecule has 112 valence electrons. The number of hydrogen-bond acceptors (Lipinski definition) is 6. The third-order valence-electron chi connectivity index (χ3n) is 2.92. The van der Waals surface area contributed by atoms with Gasteiger partial charge >= 0.3 is 0 Å². The maximum atomic E-state index is 12.3. The van der Waals surface area contributed by atoms with Gasteiger partial charge in [-0.3, -0.25) is 9.78 Å². The van der Waals surface area contributed by atoms with Gasteiger partial charge in [-0.1, -0.05) is 24.3 Å². The topological polar surface area (TPSA) is 92.9 Å². The van der Waals surface area contributed by atoms with Gasteiger partial charge in [0, 0.05) is 18.9 Å². The number of aromatic nitrogens is 2. The summed E-state index contributed by atoms with van der Waals surface area (Å²) >= 11 is 1.27. The number of rotatable bonds is 6. The summed E-state index contributed by atoms with van der Waals surface area (Å²) in [7, 11) is 0. The van der Waals surface area contributed by atoms with Crippen LogP contribution in [0.2, 0.25) is 0 Å². The van der Waals surface area contributed by atoms with E-state index in [0.717, 1.165) is 18.5 Å². The second-order valence-corrected chi connectivity index (χ2v) is 5.64. The Hall–Kier alpha value is -2.15. The van der Waals surface area contributed by atoms with E-state index in [9.17, 15) is 4.79 Å². The molecule has 0 bridgehead atoms. The Kier molecular flexibility index (Phi) is 5.10. The van der Waals surface area contributed by atoms with Crippen molar-refractivity contribution in [2.24, 2.45) is 0 Å². The van der Waals surface area contributed by atoms with Crippen molar-refractivity contribution < 1.29 is 4.79 Å². The van der Waals surface area contributed by atoms with E-state index in [1.165, 1.54) is 11.3 Å². The number of nitrogen functional groups attached to an aromatic ring is 1. The molecule has 0 aliphatic heterocycles. The average Bonchev–Trinajstić information content (AvgIpc) is 2.87. The van der Waals surface area contributed by atoms with Crippen molar-refractivity contribution >= 4 is 28.2 Å². The molecule has 6 nitrogen and oxygen atoms in total. The van der Waals surface area contributed by atoms with Crippen molar-refractivity contribution in [3.05, 3.63) is 35.0 Å². The number of amides is 1. The summed E-state index contributed by atoms with van der Waals surface area (Å²) in [5.74, 6) is 0.0420. The van der Waals surface area contributed by atoms with E-state index < -0.39 is 0 Å². The molecule has 1 unspecified atom stereocenters. The first-order chi connectivity index (χ1) is 10.1. The highest BCUT2D eigenvalue weighted by atomic mass is 32.1. The Morgan fingerprint density at radius 1 is 1.52 bits per heavy atom. The predicted octanol–water partition coefficient (Wildman–Crippen LogP) is 2.43. The maximum Gasteiger partial charge on any atom is 0.265 e. The number of nitrogens with zero attached hydrogens (tertiary/aromatic N) is 2. The Morgan fingerprint density at radius 2 is 2.33 bits per heavy atom. The number of carbonyl (C=O) groups is 1. The molecule has 2 rings (SSSR count). The maximum absolute atomic E-state index is 12.3. The summed E-state index contributed by atoms with van der Waals surface area (Å²) in [5.41, 5.74) is 6.76. The number of carbonyl (C=O) groups excluding carboxylic acids is 1. The van der Waals surface area contributed by atoms with Gasteiger partial charge in [-0.15, -0.1) is 0 Å². The van der Waals surface area contributed by atoms with Gasteiger partial charge in [0.15, 0.2) is 5.13 Å². The fourth-order valence-corrected chi connectivity index (χ4v) is 2.59. The molecule has 2 heterocycles. The number of hydrogen-bond donors (Lipinski definition) is 3. The number of anilines is 2. The Morgan fingerprint density at radius 3 is 3.00 bits per heavy atom. The molecule has 7 heteroatoms. The Balaban J connectivity index is 2.05. The van der Waals surface area contributed by atoms with Crippen molar-refractivity contribution in [1.82, 2.24) is 15.3 Å². The summed E-state index contributed by atoms with van der Waals surface area (Å²) in [6, 6.07) is 3.62. The van der Waals surface area contributed by atoms with Gasteiger partial charge in [-0.25, -0.2) is 4.98 Å². The van der Waals surface area contributed by atoms with E-state index >= 15 is 0 Å². The van der Waals surface area contributed by atoms with Crippen molar-refractivity contribution in [2.45, 2.75) is 26.3 Å². The van der Waals surface area contributed by atoms with Crippen molar-refractivity contribution in [1.29, 1.82) is 0 Å². The van der Waals surface area contributed by atoms with Gasteiger partial charge in [0.1, 0.15) is 10.7 Å². The monoisotopic (exact) mass is 305 g/mol. The smallest absolute Gasteiger partial charge is 0.265 e. The lowest BCUT2D eigenvalue weighted by atomic mass is 10.1. The number of nitrogens with two attached hydrogens (primary N) is 1. The zero-order valence-electron chi connectivity index (χ0n) is 12.1. The molecular weight excluding hydrogens is 286 g/mol. The zero-order chi connectivity index (χ0) is 15.2. The fourth-order valence-electron chi connectivity index (χ4n) is 1.78. The van der Waals surface area contributed by atoms with E-state index in [2.05, 4.69) is 27.5 Å². The minimum Gasteiger partial charge on any atom is -0.382 e. The van der Waals surface area contributed by atoms with Crippen molar-refractivity contribution in [3.8, 4) is 0 Å². The molecule has 0 spiro atoms. The molecule has 0 saturated heterocycles. The normalized spacial score (nSPS) is 11.9. The van der Waals surface area contributed by atoms with Crippen LogP contribution in [0.5, 0.6) is 0 Å². The molecule has 2 aromatic heterocycles. The van der Waals surface area contributed by atoms with Crippen LogP contribution in [-0.4, -0.2) is 22.4 Å². The molecule has 1 amide bonds. The molecule has 4 N–H and O–H groups in total. The Bertz CT molecular complexity index is 599. The number of nitrogens with one attached hydrogen (secondary N) is 2. The second-order valence-electron chi connectivity index (χ2n) is 4.64.